The molecule has 0 saturated carbocycles. The van der Waals surface area contributed by atoms with Gasteiger partial charge in [0.15, 0.2) is 0 Å². The number of ether oxygens (including phenoxy) is 1. The maximum Gasteiger partial charge on any atom is 0.131 e. The molecule has 2 aromatic carbocycles. The Bertz CT molecular complexity index is 865. The highest BCUT2D eigenvalue weighted by atomic mass is 19.1. The highest BCUT2D eigenvalue weighted by molar-refractivity contribution is 5.34. The monoisotopic (exact) mass is 382 g/mol. The van der Waals surface area contributed by atoms with Gasteiger partial charge >= 0.3 is 0 Å². The topological polar surface area (TPSA) is 35.9 Å². The summed E-state index contributed by atoms with van der Waals surface area (Å²) in [6, 6.07) is 13.8. The van der Waals surface area contributed by atoms with E-state index in [0.29, 0.717) is 42.0 Å². The summed E-state index contributed by atoms with van der Waals surface area (Å²) in [7, 11) is 1.56. The maximum absolute atomic E-state index is 14.6. The molecule has 0 radical (unpaired) electrons. The van der Waals surface area contributed by atoms with Crippen molar-refractivity contribution in [2.45, 2.75) is 37.4 Å². The normalized spacial score (nSPS) is 31.7. The van der Waals surface area contributed by atoms with Gasteiger partial charge in [0.2, 0.25) is 0 Å². The van der Waals surface area contributed by atoms with Crippen molar-refractivity contribution in [1.29, 1.82) is 0 Å². The molecule has 2 bridgehead atoms. The smallest absolute Gasteiger partial charge is 0.131 e. The van der Waals surface area contributed by atoms with Crippen LogP contribution in [0.1, 0.15) is 29.9 Å². The van der Waals surface area contributed by atoms with Gasteiger partial charge < -0.3 is 9.84 Å². The van der Waals surface area contributed by atoms with Crippen molar-refractivity contribution in [3.8, 4) is 11.5 Å². The molecule has 4 fully saturated rings. The highest BCUT2D eigenvalue weighted by Gasteiger charge is 2.53. The molecule has 1 N–H and O–H groups in total. The largest absolute Gasteiger partial charge is 0.508 e. The SMILES string of the molecule is COc1ccc(CN2C[C@H](c3cccc(O)c3)[C@H]3[C@@H]2C2CCN3CC2)c(F)c1. The Kier molecular flexibility index (Phi) is 4.52. The van der Waals surface area contributed by atoms with Crippen molar-refractivity contribution >= 4 is 0 Å². The van der Waals surface area contributed by atoms with Gasteiger partial charge in [-0.05, 0) is 55.6 Å². The van der Waals surface area contributed by atoms with Gasteiger partial charge in [-0.15, -0.1) is 0 Å². The second-order valence-electron chi connectivity index (χ2n) is 8.44. The van der Waals surface area contributed by atoms with Crippen LogP contribution in [0.3, 0.4) is 0 Å². The minimum atomic E-state index is -0.196. The van der Waals surface area contributed by atoms with Crippen LogP contribution in [-0.2, 0) is 6.54 Å². The molecule has 0 aliphatic carbocycles. The second kappa shape index (κ2) is 7.05. The Morgan fingerprint density at radius 3 is 2.64 bits per heavy atom. The molecule has 148 valence electrons. The third kappa shape index (κ3) is 2.97. The number of fused-ring (bicyclic) bond motifs is 2. The molecule has 2 aromatic rings. The molecule has 4 aliphatic rings. The number of phenolic OH excluding ortho intramolecular Hbond substituents is 1. The summed E-state index contributed by atoms with van der Waals surface area (Å²) in [4.78, 5) is 5.12. The zero-order chi connectivity index (χ0) is 19.3. The minimum Gasteiger partial charge on any atom is -0.508 e. The van der Waals surface area contributed by atoms with Crippen molar-refractivity contribution < 1.29 is 14.2 Å². The van der Waals surface area contributed by atoms with Crippen LogP contribution < -0.4 is 4.74 Å². The molecule has 4 nitrogen and oxygen atoms in total. The molecule has 0 amide bonds. The third-order valence-corrected chi connectivity index (χ3v) is 7.03. The van der Waals surface area contributed by atoms with E-state index in [1.807, 2.05) is 24.3 Å². The fourth-order valence-electron chi connectivity index (χ4n) is 5.77. The van der Waals surface area contributed by atoms with Crippen molar-refractivity contribution in [3.63, 3.8) is 0 Å². The molecule has 0 aromatic heterocycles. The number of methoxy groups -OCH3 is 1. The van der Waals surface area contributed by atoms with Crippen LogP contribution in [0.15, 0.2) is 42.5 Å². The first-order valence-corrected chi connectivity index (χ1v) is 10.2. The number of hydrogen-bond acceptors (Lipinski definition) is 4. The summed E-state index contributed by atoms with van der Waals surface area (Å²) in [5, 5.41) is 10.00. The summed E-state index contributed by atoms with van der Waals surface area (Å²) < 4.78 is 19.8. The van der Waals surface area contributed by atoms with E-state index < -0.39 is 0 Å². The summed E-state index contributed by atoms with van der Waals surface area (Å²) in [5.74, 6) is 1.71. The number of hydrogen-bond donors (Lipinski definition) is 1. The average molecular weight is 382 g/mol. The first-order valence-electron chi connectivity index (χ1n) is 10.2. The van der Waals surface area contributed by atoms with E-state index in [1.54, 1.807) is 13.2 Å². The Hall–Kier alpha value is -2.11. The molecule has 0 spiro atoms. The predicted molar refractivity (Wildman–Crippen MR) is 106 cm³/mol. The number of rotatable bonds is 4. The van der Waals surface area contributed by atoms with Crippen molar-refractivity contribution in [3.05, 3.63) is 59.4 Å². The van der Waals surface area contributed by atoms with Gasteiger partial charge in [0, 0.05) is 42.7 Å². The van der Waals surface area contributed by atoms with E-state index in [-0.39, 0.29) is 5.82 Å². The van der Waals surface area contributed by atoms with Crippen LogP contribution in [0, 0.1) is 11.7 Å². The molecule has 4 heterocycles. The van der Waals surface area contributed by atoms with Crippen molar-refractivity contribution in [2.24, 2.45) is 5.92 Å². The molecule has 4 saturated heterocycles. The zero-order valence-electron chi connectivity index (χ0n) is 16.2. The fourth-order valence-corrected chi connectivity index (χ4v) is 5.77. The molecule has 6 rings (SSSR count). The van der Waals surface area contributed by atoms with E-state index >= 15 is 0 Å². The Morgan fingerprint density at radius 2 is 1.93 bits per heavy atom. The first-order chi connectivity index (χ1) is 13.6. The van der Waals surface area contributed by atoms with Gasteiger partial charge in [0.25, 0.3) is 0 Å². The second-order valence-corrected chi connectivity index (χ2v) is 8.44. The van der Waals surface area contributed by atoms with E-state index in [2.05, 4.69) is 15.9 Å². The standard InChI is InChI=1S/C23H27FN2O2/c1-28-19-6-5-17(21(24)12-19)13-26-14-20(16-3-2-4-18(27)11-16)23-22(26)15-7-9-25(23)10-8-15/h2-6,11-12,15,20,22-23,27H,7-10,13-14H2,1H3/t20-,22+,23+/m1/s1. The maximum atomic E-state index is 14.6. The first kappa shape index (κ1) is 18.0. The minimum absolute atomic E-state index is 0.196. The van der Waals surface area contributed by atoms with E-state index in [0.717, 1.165) is 25.2 Å². The van der Waals surface area contributed by atoms with Gasteiger partial charge in [-0.3, -0.25) is 9.80 Å². The lowest BCUT2D eigenvalue weighted by atomic mass is 9.75. The van der Waals surface area contributed by atoms with Crippen LogP contribution in [0.4, 0.5) is 4.39 Å². The summed E-state index contributed by atoms with van der Waals surface area (Å²) in [6.45, 7) is 3.84. The lowest BCUT2D eigenvalue weighted by Gasteiger charge is -2.51. The number of piperidine rings is 3. The summed E-state index contributed by atoms with van der Waals surface area (Å²) >= 11 is 0. The number of nitrogens with zero attached hydrogens (tertiary/aromatic N) is 2. The quantitative estimate of drug-likeness (QED) is 0.877. The Balaban J connectivity index is 1.47. The molecule has 28 heavy (non-hydrogen) atoms. The Morgan fingerprint density at radius 1 is 1.11 bits per heavy atom. The highest BCUT2D eigenvalue weighted by Crippen LogP contribution is 2.47. The molecular weight excluding hydrogens is 355 g/mol. The van der Waals surface area contributed by atoms with Gasteiger partial charge in [0.05, 0.1) is 7.11 Å². The van der Waals surface area contributed by atoms with E-state index in [4.69, 9.17) is 4.74 Å². The van der Waals surface area contributed by atoms with Gasteiger partial charge in [-0.1, -0.05) is 18.2 Å². The number of benzene rings is 2. The average Bonchev–Trinajstić information content (AvgIpc) is 3.12. The molecule has 5 heteroatoms. The van der Waals surface area contributed by atoms with Crippen molar-refractivity contribution in [1.82, 2.24) is 9.80 Å². The number of phenols is 1. The van der Waals surface area contributed by atoms with Gasteiger partial charge in [-0.25, -0.2) is 4.39 Å². The lowest BCUT2D eigenvalue weighted by molar-refractivity contribution is -0.00893. The van der Waals surface area contributed by atoms with Crippen molar-refractivity contribution in [2.75, 3.05) is 26.7 Å². The van der Waals surface area contributed by atoms with Crippen LogP contribution in [0.2, 0.25) is 0 Å². The summed E-state index contributed by atoms with van der Waals surface area (Å²) in [6.07, 6.45) is 2.46. The Labute approximate surface area is 165 Å². The number of halogens is 1. The number of likely N-dealkylation sites (tertiary alicyclic amines) is 1. The fraction of sp³-hybridized carbons (Fsp3) is 0.478. The van der Waals surface area contributed by atoms with Gasteiger partial charge in [-0.2, -0.15) is 0 Å². The lowest BCUT2D eigenvalue weighted by Crippen LogP contribution is -2.60. The van der Waals surface area contributed by atoms with Crippen LogP contribution in [0.25, 0.3) is 0 Å². The van der Waals surface area contributed by atoms with Gasteiger partial charge in [0.1, 0.15) is 17.3 Å². The van der Waals surface area contributed by atoms with Crippen LogP contribution >= 0.6 is 0 Å². The molecule has 0 unspecified atom stereocenters. The van der Waals surface area contributed by atoms with Crippen LogP contribution in [0.5, 0.6) is 11.5 Å². The number of aromatic hydroxyl groups is 1. The predicted octanol–water partition coefficient (Wildman–Crippen LogP) is 3.60. The van der Waals surface area contributed by atoms with E-state index in [1.165, 1.54) is 24.5 Å². The molecule has 4 aliphatic heterocycles. The van der Waals surface area contributed by atoms with Crippen LogP contribution in [-0.4, -0.2) is 53.7 Å². The van der Waals surface area contributed by atoms with E-state index in [9.17, 15) is 9.50 Å². The zero-order valence-corrected chi connectivity index (χ0v) is 16.2. The molecule has 3 atom stereocenters. The summed E-state index contributed by atoms with van der Waals surface area (Å²) in [5.41, 5.74) is 1.92. The third-order valence-electron chi connectivity index (χ3n) is 7.03. The molecular formula is C23H27FN2O2.